The molecule has 6 heteroatoms. The summed E-state index contributed by atoms with van der Waals surface area (Å²) >= 11 is 3.46. The van der Waals surface area contributed by atoms with Gasteiger partial charge in [0, 0.05) is 16.6 Å². The first-order chi connectivity index (χ1) is 11.5. The zero-order valence-electron chi connectivity index (χ0n) is 13.9. The lowest BCUT2D eigenvalue weighted by molar-refractivity contribution is -0.142. The van der Waals surface area contributed by atoms with Gasteiger partial charge in [0.2, 0.25) is 11.8 Å². The van der Waals surface area contributed by atoms with Crippen molar-refractivity contribution in [2.45, 2.75) is 19.4 Å². The largest absolute Gasteiger partial charge is 0.496 e. The highest BCUT2D eigenvalue weighted by Gasteiger charge is 2.47. The molecule has 2 atom stereocenters. The van der Waals surface area contributed by atoms with Crippen LogP contribution in [0.25, 0.3) is 0 Å². The summed E-state index contributed by atoms with van der Waals surface area (Å²) in [5.74, 6) is 0.374. The maximum absolute atomic E-state index is 12.5. The Morgan fingerprint density at radius 3 is 2.42 bits per heavy atom. The Morgan fingerprint density at radius 2 is 1.83 bits per heavy atom. The maximum Gasteiger partial charge on any atom is 0.234 e. The van der Waals surface area contributed by atoms with Crippen LogP contribution in [0.3, 0.4) is 0 Å². The number of carbonyl (C=O) groups is 2. The van der Waals surface area contributed by atoms with Gasteiger partial charge in [-0.25, -0.2) is 0 Å². The molecular formula is C18H21BrN2O3. The van der Waals surface area contributed by atoms with Crippen LogP contribution >= 0.6 is 15.9 Å². The summed E-state index contributed by atoms with van der Waals surface area (Å²) in [6.07, 6.45) is 5.36. The van der Waals surface area contributed by atoms with Gasteiger partial charge in [0.05, 0.1) is 25.6 Å². The fourth-order valence-electron chi connectivity index (χ4n) is 3.46. The Kier molecular flexibility index (Phi) is 5.06. The van der Waals surface area contributed by atoms with Gasteiger partial charge in [-0.2, -0.15) is 0 Å². The minimum atomic E-state index is -0.170. The average Bonchev–Trinajstić information content (AvgIpc) is 2.80. The molecule has 1 aliphatic heterocycles. The van der Waals surface area contributed by atoms with E-state index in [0.717, 1.165) is 15.8 Å². The highest BCUT2D eigenvalue weighted by atomic mass is 79.9. The summed E-state index contributed by atoms with van der Waals surface area (Å²) in [6, 6.07) is 5.82. The second-order valence-corrected chi connectivity index (χ2v) is 7.29. The molecule has 0 radical (unpaired) electrons. The number of methoxy groups -OCH3 is 1. The molecule has 24 heavy (non-hydrogen) atoms. The third kappa shape index (κ3) is 3.26. The SMILES string of the molecule is COc1ccc(Br)cc1CN(C)CN1C(=O)[C@@H]2CC=CC[C@H]2C1=O. The molecule has 0 bridgehead atoms. The molecular weight excluding hydrogens is 372 g/mol. The van der Waals surface area contributed by atoms with Gasteiger partial charge in [-0.15, -0.1) is 0 Å². The lowest BCUT2D eigenvalue weighted by Crippen LogP contribution is -2.40. The molecule has 0 N–H and O–H groups in total. The second-order valence-electron chi connectivity index (χ2n) is 6.37. The van der Waals surface area contributed by atoms with Gasteiger partial charge in [0.25, 0.3) is 0 Å². The quantitative estimate of drug-likeness (QED) is 0.570. The molecule has 2 aliphatic rings. The summed E-state index contributed by atoms with van der Waals surface area (Å²) in [7, 11) is 3.54. The van der Waals surface area contributed by atoms with Crippen molar-refractivity contribution in [3.8, 4) is 5.75 Å². The molecule has 5 nitrogen and oxygen atoms in total. The zero-order valence-corrected chi connectivity index (χ0v) is 15.5. The summed E-state index contributed by atoms with van der Waals surface area (Å²) in [6.45, 7) is 0.896. The van der Waals surface area contributed by atoms with Gasteiger partial charge in [-0.1, -0.05) is 28.1 Å². The lowest BCUT2D eigenvalue weighted by atomic mass is 9.85. The highest BCUT2D eigenvalue weighted by molar-refractivity contribution is 9.10. The first-order valence-electron chi connectivity index (χ1n) is 8.02. The van der Waals surface area contributed by atoms with Gasteiger partial charge in [0.1, 0.15) is 5.75 Å². The van der Waals surface area contributed by atoms with Gasteiger partial charge >= 0.3 is 0 Å². The van der Waals surface area contributed by atoms with E-state index in [0.29, 0.717) is 26.1 Å². The topological polar surface area (TPSA) is 49.9 Å². The van der Waals surface area contributed by atoms with Crippen LogP contribution in [-0.4, -0.2) is 42.4 Å². The smallest absolute Gasteiger partial charge is 0.234 e. The zero-order chi connectivity index (χ0) is 17.3. The Hall–Kier alpha value is -1.66. The number of fused-ring (bicyclic) bond motifs is 1. The van der Waals surface area contributed by atoms with Crippen LogP contribution in [0.4, 0.5) is 0 Å². The number of likely N-dealkylation sites (tertiary alicyclic amines) is 1. The monoisotopic (exact) mass is 392 g/mol. The molecule has 1 fully saturated rings. The van der Waals surface area contributed by atoms with Crippen LogP contribution in [0.2, 0.25) is 0 Å². The molecule has 3 rings (SSSR count). The number of allylic oxidation sites excluding steroid dienone is 2. The molecule has 1 aromatic rings. The number of hydrogen-bond acceptors (Lipinski definition) is 4. The third-order valence-corrected chi connectivity index (χ3v) is 5.16. The van der Waals surface area contributed by atoms with E-state index in [1.807, 2.05) is 42.3 Å². The molecule has 1 saturated heterocycles. The lowest BCUT2D eigenvalue weighted by Gasteiger charge is -2.24. The Labute approximate surface area is 150 Å². The van der Waals surface area contributed by atoms with Crippen LogP contribution in [0.15, 0.2) is 34.8 Å². The number of benzene rings is 1. The van der Waals surface area contributed by atoms with E-state index in [2.05, 4.69) is 15.9 Å². The van der Waals surface area contributed by atoms with Crippen molar-refractivity contribution < 1.29 is 14.3 Å². The van der Waals surface area contributed by atoms with Crippen LogP contribution in [0.5, 0.6) is 5.75 Å². The predicted molar refractivity (Wildman–Crippen MR) is 94.2 cm³/mol. The van der Waals surface area contributed by atoms with E-state index in [1.54, 1.807) is 7.11 Å². The van der Waals surface area contributed by atoms with E-state index < -0.39 is 0 Å². The number of carbonyl (C=O) groups excluding carboxylic acids is 2. The van der Waals surface area contributed by atoms with E-state index >= 15 is 0 Å². The molecule has 0 unspecified atom stereocenters. The van der Waals surface area contributed by atoms with E-state index in [9.17, 15) is 9.59 Å². The van der Waals surface area contributed by atoms with E-state index in [-0.39, 0.29) is 23.7 Å². The minimum Gasteiger partial charge on any atom is -0.496 e. The molecule has 2 amide bonds. The maximum atomic E-state index is 12.5. The van der Waals surface area contributed by atoms with Crippen molar-refractivity contribution in [2.24, 2.45) is 11.8 Å². The first kappa shape index (κ1) is 17.2. The third-order valence-electron chi connectivity index (χ3n) is 4.66. The molecule has 0 spiro atoms. The molecule has 1 heterocycles. The average molecular weight is 393 g/mol. The second kappa shape index (κ2) is 7.07. The standard InChI is InChI=1S/C18H21BrN2O3/c1-20(10-12-9-13(19)7-8-16(12)24-2)11-21-17(22)14-5-3-4-6-15(14)18(21)23/h3-4,7-9,14-15H,5-6,10-11H2,1-2H3/t14-,15-/m1/s1. The number of nitrogens with zero attached hydrogens (tertiary/aromatic N) is 2. The van der Waals surface area contributed by atoms with Crippen molar-refractivity contribution in [3.63, 3.8) is 0 Å². The van der Waals surface area contributed by atoms with Crippen LogP contribution in [-0.2, 0) is 16.1 Å². The van der Waals surface area contributed by atoms with Crippen LogP contribution < -0.4 is 4.74 Å². The van der Waals surface area contributed by atoms with Crippen molar-refractivity contribution in [1.82, 2.24) is 9.80 Å². The van der Waals surface area contributed by atoms with Crippen molar-refractivity contribution in [1.29, 1.82) is 0 Å². The van der Waals surface area contributed by atoms with Crippen molar-refractivity contribution in [2.75, 3.05) is 20.8 Å². The van der Waals surface area contributed by atoms with Gasteiger partial charge in [0.15, 0.2) is 0 Å². The Morgan fingerprint density at radius 1 is 1.21 bits per heavy atom. The van der Waals surface area contributed by atoms with Gasteiger partial charge in [-0.05, 0) is 38.1 Å². The number of amides is 2. The molecule has 1 aliphatic carbocycles. The molecule has 0 aromatic heterocycles. The summed E-state index contributed by atoms with van der Waals surface area (Å²) < 4.78 is 6.36. The number of rotatable bonds is 5. The minimum absolute atomic E-state index is 0.0394. The number of halogens is 1. The molecule has 1 aromatic carbocycles. The van der Waals surface area contributed by atoms with Crippen molar-refractivity contribution in [3.05, 3.63) is 40.4 Å². The molecule has 0 saturated carbocycles. The first-order valence-corrected chi connectivity index (χ1v) is 8.81. The van der Waals surface area contributed by atoms with E-state index in [4.69, 9.17) is 4.74 Å². The Balaban J connectivity index is 1.69. The van der Waals surface area contributed by atoms with Crippen LogP contribution in [0, 0.1) is 11.8 Å². The van der Waals surface area contributed by atoms with E-state index in [1.165, 1.54) is 4.90 Å². The van der Waals surface area contributed by atoms with Gasteiger partial charge in [-0.3, -0.25) is 19.4 Å². The number of imide groups is 1. The summed E-state index contributed by atoms with van der Waals surface area (Å²) in [5.41, 5.74) is 1.01. The van der Waals surface area contributed by atoms with Gasteiger partial charge < -0.3 is 4.74 Å². The number of ether oxygens (including phenoxy) is 1. The Bertz CT molecular complexity index is 663. The number of hydrogen-bond donors (Lipinski definition) is 0. The summed E-state index contributed by atoms with van der Waals surface area (Å²) in [4.78, 5) is 28.4. The summed E-state index contributed by atoms with van der Waals surface area (Å²) in [5, 5.41) is 0. The predicted octanol–water partition coefficient (Wildman–Crippen LogP) is 2.80. The molecule has 128 valence electrons. The highest BCUT2D eigenvalue weighted by Crippen LogP contribution is 2.35. The van der Waals surface area contributed by atoms with Crippen LogP contribution in [0.1, 0.15) is 18.4 Å². The fraction of sp³-hybridized carbons (Fsp3) is 0.444. The fourth-order valence-corrected chi connectivity index (χ4v) is 3.87. The normalized spacial score (nSPS) is 23.1. The van der Waals surface area contributed by atoms with Crippen molar-refractivity contribution >= 4 is 27.7 Å².